The fourth-order valence-corrected chi connectivity index (χ4v) is 3.69. The Morgan fingerprint density at radius 1 is 0.543 bits per heavy atom. The van der Waals surface area contributed by atoms with Crippen molar-refractivity contribution >= 4 is 21.8 Å². The first-order valence-corrected chi connectivity index (χ1v) is 10.9. The minimum Gasteiger partial charge on any atom is -0.572 e. The van der Waals surface area contributed by atoms with Gasteiger partial charge in [-0.1, -0.05) is 59.9 Å². The fraction of sp³-hybridized carbons (Fsp3) is 0.154. The molecule has 0 bridgehead atoms. The van der Waals surface area contributed by atoms with E-state index in [2.05, 4.69) is 40.3 Å². The van der Waals surface area contributed by atoms with Crippen LogP contribution in [-0.2, 0) is 21.1 Å². The molecular weight excluding hydrogens is 619 g/mol. The van der Waals surface area contributed by atoms with Gasteiger partial charge in [0.1, 0.15) is 11.6 Å². The van der Waals surface area contributed by atoms with E-state index in [1.54, 1.807) is 0 Å². The van der Waals surface area contributed by atoms with Crippen molar-refractivity contribution in [2.24, 2.45) is 0 Å². The Hall–Kier alpha value is -3.77. The van der Waals surface area contributed by atoms with Gasteiger partial charge in [-0.05, 0) is 39.8 Å². The van der Waals surface area contributed by atoms with Gasteiger partial charge in [-0.3, -0.25) is 0 Å². The molecule has 0 saturated carbocycles. The molecule has 0 fully saturated rings. The number of benzene rings is 2. The predicted molar refractivity (Wildman–Crippen MR) is 131 cm³/mol. The molecule has 0 saturated heterocycles. The Balaban J connectivity index is 0.000000160. The standard InChI is InChI=1S/2C13H11N4.Pt/c2*1-8-7-12(17-16-8)13-14-9(2)10-5-3-4-6-11(10)15-13;/h2*3-7H,1-2H3;/q2*-1;+2. The van der Waals surface area contributed by atoms with Crippen molar-refractivity contribution in [2.75, 3.05) is 0 Å². The zero-order valence-electron chi connectivity index (χ0n) is 19.7. The van der Waals surface area contributed by atoms with Crippen LogP contribution in [0.4, 0.5) is 0 Å². The van der Waals surface area contributed by atoms with Crippen molar-refractivity contribution in [1.29, 1.82) is 0 Å². The summed E-state index contributed by atoms with van der Waals surface area (Å²) < 4.78 is 0. The summed E-state index contributed by atoms with van der Waals surface area (Å²) in [4.78, 5) is 18.0. The van der Waals surface area contributed by atoms with E-state index in [1.165, 1.54) is 0 Å². The summed E-state index contributed by atoms with van der Waals surface area (Å²) in [5.41, 5.74) is 7.04. The maximum atomic E-state index is 4.51. The van der Waals surface area contributed by atoms with Crippen LogP contribution < -0.4 is 10.2 Å². The first-order chi connectivity index (χ1) is 16.5. The van der Waals surface area contributed by atoms with Gasteiger partial charge in [0.05, 0.1) is 11.0 Å². The van der Waals surface area contributed by atoms with Crippen molar-refractivity contribution in [2.45, 2.75) is 27.7 Å². The number of rotatable bonds is 2. The smallest absolute Gasteiger partial charge is 0.572 e. The number of hydrogen-bond acceptors (Lipinski definition) is 6. The van der Waals surface area contributed by atoms with E-state index in [4.69, 9.17) is 0 Å². The van der Waals surface area contributed by atoms with Crippen molar-refractivity contribution in [3.05, 3.63) is 83.4 Å². The first-order valence-electron chi connectivity index (χ1n) is 10.9. The third-order valence-electron chi connectivity index (χ3n) is 5.37. The van der Waals surface area contributed by atoms with E-state index in [0.29, 0.717) is 11.6 Å². The molecule has 0 atom stereocenters. The molecule has 4 aromatic heterocycles. The third-order valence-corrected chi connectivity index (χ3v) is 5.37. The average Bonchev–Trinajstić information content (AvgIpc) is 3.48. The molecule has 4 heterocycles. The topological polar surface area (TPSA) is 106 Å². The second-order valence-electron chi connectivity index (χ2n) is 8.04. The van der Waals surface area contributed by atoms with Crippen LogP contribution in [0.15, 0.2) is 60.7 Å². The molecule has 35 heavy (non-hydrogen) atoms. The van der Waals surface area contributed by atoms with Crippen molar-refractivity contribution in [1.82, 2.24) is 40.3 Å². The Morgan fingerprint density at radius 3 is 1.31 bits per heavy atom. The Morgan fingerprint density at radius 2 is 0.943 bits per heavy atom. The van der Waals surface area contributed by atoms with E-state index >= 15 is 0 Å². The van der Waals surface area contributed by atoms with Crippen molar-refractivity contribution in [3.8, 4) is 23.0 Å². The number of hydrogen-bond donors (Lipinski definition) is 0. The molecule has 0 spiro atoms. The molecule has 8 nitrogen and oxygen atoms in total. The van der Waals surface area contributed by atoms with Gasteiger partial charge in [0.25, 0.3) is 0 Å². The van der Waals surface area contributed by atoms with Crippen molar-refractivity contribution in [3.63, 3.8) is 0 Å². The van der Waals surface area contributed by atoms with Crippen LogP contribution in [0.1, 0.15) is 22.8 Å². The molecule has 0 N–H and O–H groups in total. The predicted octanol–water partition coefficient (Wildman–Crippen LogP) is 4.53. The Bertz CT molecular complexity index is 1500. The molecule has 0 aliphatic heterocycles. The summed E-state index contributed by atoms with van der Waals surface area (Å²) in [6.07, 6.45) is 0. The van der Waals surface area contributed by atoms with Crippen LogP contribution in [0.2, 0.25) is 0 Å². The van der Waals surface area contributed by atoms with Gasteiger partial charge in [-0.15, -0.1) is 0 Å². The molecule has 0 radical (unpaired) electrons. The summed E-state index contributed by atoms with van der Waals surface area (Å²) >= 11 is 0. The molecule has 6 rings (SSSR count). The van der Waals surface area contributed by atoms with E-state index in [-0.39, 0.29) is 21.1 Å². The second-order valence-corrected chi connectivity index (χ2v) is 8.04. The van der Waals surface area contributed by atoms with Crippen molar-refractivity contribution < 1.29 is 21.1 Å². The Kier molecular flexibility index (Phi) is 7.12. The zero-order chi connectivity index (χ0) is 23.7. The number of nitrogens with zero attached hydrogens (tertiary/aromatic N) is 8. The van der Waals surface area contributed by atoms with Gasteiger partial charge in [0.2, 0.25) is 0 Å². The molecule has 176 valence electrons. The van der Waals surface area contributed by atoms with Gasteiger partial charge in [0, 0.05) is 33.5 Å². The Labute approximate surface area is 216 Å². The largest absolute Gasteiger partial charge is 2.00 e. The monoisotopic (exact) mass is 641 g/mol. The van der Waals surface area contributed by atoms with Crippen LogP contribution in [-0.4, -0.2) is 30.1 Å². The molecule has 2 aromatic carbocycles. The average molecular weight is 642 g/mol. The molecule has 9 heteroatoms. The normalized spacial score (nSPS) is 10.6. The van der Waals surface area contributed by atoms with Crippen LogP contribution in [0.3, 0.4) is 0 Å². The van der Waals surface area contributed by atoms with E-state index in [9.17, 15) is 0 Å². The summed E-state index contributed by atoms with van der Waals surface area (Å²) in [6.45, 7) is 7.78. The van der Waals surface area contributed by atoms with E-state index in [1.807, 2.05) is 88.4 Å². The van der Waals surface area contributed by atoms with Gasteiger partial charge in [-0.25, -0.2) is 19.9 Å². The van der Waals surface area contributed by atoms with Crippen LogP contribution in [0.25, 0.3) is 44.8 Å². The quantitative estimate of drug-likeness (QED) is 0.272. The number of fused-ring (bicyclic) bond motifs is 2. The third kappa shape index (κ3) is 5.17. The number of para-hydroxylation sites is 2. The van der Waals surface area contributed by atoms with Crippen LogP contribution in [0.5, 0.6) is 0 Å². The van der Waals surface area contributed by atoms with Gasteiger partial charge >= 0.3 is 21.1 Å². The van der Waals surface area contributed by atoms with Gasteiger partial charge in [-0.2, -0.15) is 0 Å². The van der Waals surface area contributed by atoms with E-state index < -0.39 is 0 Å². The zero-order valence-corrected chi connectivity index (χ0v) is 21.9. The minimum absolute atomic E-state index is 0. The van der Waals surface area contributed by atoms with Gasteiger partial charge < -0.3 is 20.4 Å². The van der Waals surface area contributed by atoms with Gasteiger partial charge in [0.15, 0.2) is 0 Å². The number of aromatic nitrogens is 8. The SMILES string of the molecule is Cc1cc(-c2nc(C)c3ccccc3n2)[n-]n1.Cc1cc(-c2nc(C)c3ccccc3n2)[n-]n1.[Pt+2]. The summed E-state index contributed by atoms with van der Waals surface area (Å²) in [5.74, 6) is 1.28. The summed E-state index contributed by atoms with van der Waals surface area (Å²) in [7, 11) is 0. The summed E-state index contributed by atoms with van der Waals surface area (Å²) in [6, 6.07) is 19.7. The van der Waals surface area contributed by atoms with E-state index in [0.717, 1.165) is 56.0 Å². The fourth-order valence-electron chi connectivity index (χ4n) is 3.69. The molecule has 0 aliphatic rings. The first kappa shape index (κ1) is 24.4. The summed E-state index contributed by atoms with van der Waals surface area (Å²) in [5, 5.41) is 18.2. The van der Waals surface area contributed by atoms with Crippen LogP contribution in [0, 0.1) is 27.7 Å². The minimum atomic E-state index is 0. The molecule has 0 aliphatic carbocycles. The maximum absolute atomic E-state index is 4.51. The molecule has 0 amide bonds. The maximum Gasteiger partial charge on any atom is 2.00 e. The molecule has 0 unspecified atom stereocenters. The second kappa shape index (κ2) is 10.2. The molecular formula is C26H22N8Pt. The molecule has 6 aromatic rings. The van der Waals surface area contributed by atoms with Crippen LogP contribution >= 0.6 is 0 Å². The number of aryl methyl sites for hydroxylation is 4.